The van der Waals surface area contributed by atoms with E-state index in [0.29, 0.717) is 32.2 Å². The third-order valence-corrected chi connectivity index (χ3v) is 7.99. The Morgan fingerprint density at radius 1 is 0.932 bits per heavy atom. The van der Waals surface area contributed by atoms with Gasteiger partial charge in [-0.3, -0.25) is 35.2 Å². The van der Waals surface area contributed by atoms with Gasteiger partial charge in [0.25, 0.3) is 11.6 Å². The van der Waals surface area contributed by atoms with Crippen molar-refractivity contribution in [1.29, 1.82) is 0 Å². The summed E-state index contributed by atoms with van der Waals surface area (Å²) in [7, 11) is 0. The van der Waals surface area contributed by atoms with Gasteiger partial charge in [0.1, 0.15) is 11.4 Å². The molecule has 4 aromatic rings. The molecule has 0 fully saturated rings. The van der Waals surface area contributed by atoms with Gasteiger partial charge in [-0.15, -0.1) is 0 Å². The number of aromatic nitrogens is 1. The fraction of sp³-hybridized carbons (Fsp3) is 0.143. The van der Waals surface area contributed by atoms with Crippen LogP contribution in [0.15, 0.2) is 59.7 Å². The average molecular weight is 657 g/mol. The summed E-state index contributed by atoms with van der Waals surface area (Å²) in [6.45, 7) is 5.33. The summed E-state index contributed by atoms with van der Waals surface area (Å²) in [6.07, 6.45) is -0.500. The first-order valence-corrected chi connectivity index (χ1v) is 14.3. The number of nitro benzene ring substituents is 2. The van der Waals surface area contributed by atoms with E-state index in [4.69, 9.17) is 23.2 Å². The molecule has 3 N–H and O–H groups in total. The molecule has 1 aromatic heterocycles. The molecule has 0 radical (unpaired) electrons. The predicted octanol–water partition coefficient (Wildman–Crippen LogP) is 7.61. The maximum atomic E-state index is 13.4. The van der Waals surface area contributed by atoms with Crippen molar-refractivity contribution in [1.82, 2.24) is 4.98 Å². The molecular formula is C28H23Cl2N7O6S. The topological polar surface area (TPSA) is 182 Å². The molecule has 0 aliphatic carbocycles. The van der Waals surface area contributed by atoms with Crippen molar-refractivity contribution in [3.63, 3.8) is 0 Å². The number of thiazole rings is 1. The number of anilines is 4. The van der Waals surface area contributed by atoms with Crippen LogP contribution >= 0.6 is 34.5 Å². The van der Waals surface area contributed by atoms with Gasteiger partial charge >= 0.3 is 5.69 Å². The van der Waals surface area contributed by atoms with Crippen molar-refractivity contribution in [3.8, 4) is 0 Å². The predicted molar refractivity (Wildman–Crippen MR) is 171 cm³/mol. The highest BCUT2D eigenvalue weighted by molar-refractivity contribution is 7.17. The largest absolute Gasteiger partial charge is 0.331 e. The second-order valence-corrected chi connectivity index (χ2v) is 11.3. The first-order chi connectivity index (χ1) is 20.8. The molecule has 16 heteroatoms. The van der Waals surface area contributed by atoms with E-state index in [9.17, 15) is 29.8 Å². The van der Waals surface area contributed by atoms with Crippen molar-refractivity contribution in [3.05, 3.63) is 107 Å². The Balaban J connectivity index is 1.64. The molecule has 13 nitrogen and oxygen atoms in total. The monoisotopic (exact) mass is 655 g/mol. The van der Waals surface area contributed by atoms with E-state index in [2.05, 4.69) is 26.1 Å². The zero-order valence-corrected chi connectivity index (χ0v) is 25.6. The lowest BCUT2D eigenvalue weighted by Gasteiger charge is -2.11. The van der Waals surface area contributed by atoms with Gasteiger partial charge in [0.05, 0.1) is 43.0 Å². The number of Topliss-reactive ketones (excluding diaryl/α,β-unsaturated/α-hetero) is 1. The molecule has 0 aliphatic heterocycles. The van der Waals surface area contributed by atoms with Crippen LogP contribution in [0.2, 0.25) is 10.0 Å². The minimum Gasteiger partial charge on any atom is -0.331 e. The van der Waals surface area contributed by atoms with E-state index in [0.717, 1.165) is 40.7 Å². The van der Waals surface area contributed by atoms with Gasteiger partial charge in [0.2, 0.25) is 0 Å². The maximum Gasteiger partial charge on any atom is 0.301 e. The second kappa shape index (κ2) is 13.6. The number of hydrogen-bond acceptors (Lipinski definition) is 11. The van der Waals surface area contributed by atoms with Crippen LogP contribution in [0.4, 0.5) is 33.6 Å². The molecule has 226 valence electrons. The van der Waals surface area contributed by atoms with Crippen LogP contribution in [0.25, 0.3) is 0 Å². The number of halogens is 2. The van der Waals surface area contributed by atoms with Crippen LogP contribution in [0.5, 0.6) is 0 Å². The molecule has 0 unspecified atom stereocenters. The Bertz CT molecular complexity index is 1840. The highest BCUT2D eigenvalue weighted by Gasteiger charge is 2.24. The van der Waals surface area contributed by atoms with Crippen molar-refractivity contribution in [2.24, 2.45) is 5.10 Å². The second-order valence-electron chi connectivity index (χ2n) is 9.45. The van der Waals surface area contributed by atoms with Gasteiger partial charge in [-0.25, -0.2) is 4.98 Å². The summed E-state index contributed by atoms with van der Waals surface area (Å²) in [4.78, 5) is 52.6. The standard InChI is InChI=1S/C28H23Cl2N7O6S/c1-14-4-8-21(15(2)10-14)33-27(39)23(35-34-22-9-6-18(36(40)41)12-24(22)37(42)43)13-25(38)26-16(3)31-28(44-26)32-17-5-7-19(29)20(30)11-17/h4-12,34H,13H2,1-3H3,(H,31,32)(H,33,39). The number of ketones is 1. The lowest BCUT2D eigenvalue weighted by atomic mass is 10.1. The van der Waals surface area contributed by atoms with Crippen LogP contribution in [-0.4, -0.2) is 32.2 Å². The number of benzene rings is 3. The highest BCUT2D eigenvalue weighted by atomic mass is 35.5. The van der Waals surface area contributed by atoms with Crippen LogP contribution in [0, 0.1) is 41.0 Å². The smallest absolute Gasteiger partial charge is 0.301 e. The van der Waals surface area contributed by atoms with E-state index >= 15 is 0 Å². The van der Waals surface area contributed by atoms with Crippen molar-refractivity contribution < 1.29 is 19.4 Å². The lowest BCUT2D eigenvalue weighted by Crippen LogP contribution is -2.27. The minimum atomic E-state index is -0.825. The molecule has 4 rings (SSSR count). The zero-order valence-electron chi connectivity index (χ0n) is 23.3. The molecule has 0 atom stereocenters. The molecular weight excluding hydrogens is 633 g/mol. The Labute approximate surface area is 264 Å². The number of nitrogens with zero attached hydrogens (tertiary/aromatic N) is 4. The van der Waals surface area contributed by atoms with E-state index in [1.54, 1.807) is 44.2 Å². The molecule has 1 heterocycles. The van der Waals surface area contributed by atoms with Gasteiger partial charge in [-0.05, 0) is 56.7 Å². The SMILES string of the molecule is Cc1ccc(NC(=O)C(CC(=O)c2sc(Nc3ccc(Cl)c(Cl)c3)nc2C)=NNc2ccc([N+](=O)[O-])cc2[N+](=O)[O-])c(C)c1. The van der Waals surface area contributed by atoms with Gasteiger partial charge in [-0.2, -0.15) is 5.10 Å². The van der Waals surface area contributed by atoms with Crippen molar-refractivity contribution in [2.75, 3.05) is 16.1 Å². The Kier molecular flexibility index (Phi) is 9.88. The number of hydrogen-bond donors (Lipinski definition) is 3. The summed E-state index contributed by atoms with van der Waals surface area (Å²) in [6, 6.07) is 13.2. The quantitative estimate of drug-likeness (QED) is 0.0633. The van der Waals surface area contributed by atoms with Crippen molar-refractivity contribution >= 4 is 85.5 Å². The number of non-ortho nitro benzene ring substituents is 1. The van der Waals surface area contributed by atoms with E-state index in [-0.39, 0.29) is 16.3 Å². The zero-order chi connectivity index (χ0) is 32.1. The Morgan fingerprint density at radius 2 is 1.66 bits per heavy atom. The molecule has 44 heavy (non-hydrogen) atoms. The van der Waals surface area contributed by atoms with Gasteiger partial charge < -0.3 is 10.6 Å². The van der Waals surface area contributed by atoms with E-state index in [1.807, 2.05) is 13.0 Å². The molecule has 3 aromatic carbocycles. The van der Waals surface area contributed by atoms with Gasteiger partial charge in [0, 0.05) is 17.4 Å². The molecule has 0 spiro atoms. The van der Waals surface area contributed by atoms with Crippen LogP contribution in [0.3, 0.4) is 0 Å². The summed E-state index contributed by atoms with van der Waals surface area (Å²) >= 11 is 13.1. The van der Waals surface area contributed by atoms with Gasteiger partial charge in [-0.1, -0.05) is 52.2 Å². The number of carbonyl (C=O) groups is 2. The Hall–Kier alpha value is -4.92. The van der Waals surface area contributed by atoms with E-state index < -0.39 is 39.3 Å². The Morgan fingerprint density at radius 3 is 2.32 bits per heavy atom. The number of hydrazone groups is 1. The highest BCUT2D eigenvalue weighted by Crippen LogP contribution is 2.31. The van der Waals surface area contributed by atoms with Gasteiger partial charge in [0.15, 0.2) is 10.9 Å². The summed E-state index contributed by atoms with van der Waals surface area (Å²) in [5.74, 6) is -1.23. The fourth-order valence-corrected chi connectivity index (χ4v) is 5.19. The molecule has 0 aliphatic rings. The third kappa shape index (κ3) is 7.72. The first-order valence-electron chi connectivity index (χ1n) is 12.7. The number of nitro groups is 2. The summed E-state index contributed by atoms with van der Waals surface area (Å²) in [5.41, 5.74) is 3.99. The molecule has 0 saturated heterocycles. The number of carbonyl (C=O) groups excluding carboxylic acids is 2. The number of nitrogens with one attached hydrogen (secondary N) is 3. The maximum absolute atomic E-state index is 13.4. The normalized spacial score (nSPS) is 11.2. The molecule has 0 saturated carbocycles. The van der Waals surface area contributed by atoms with E-state index in [1.165, 1.54) is 0 Å². The first kappa shape index (κ1) is 32.0. The lowest BCUT2D eigenvalue weighted by molar-refractivity contribution is -0.393. The number of aryl methyl sites for hydroxylation is 3. The minimum absolute atomic E-state index is 0.216. The average Bonchev–Trinajstić information content (AvgIpc) is 3.33. The van der Waals surface area contributed by atoms with Crippen LogP contribution in [0.1, 0.15) is 32.9 Å². The third-order valence-electron chi connectivity index (χ3n) is 6.14. The molecule has 0 bridgehead atoms. The summed E-state index contributed by atoms with van der Waals surface area (Å²) in [5, 5.41) is 33.6. The van der Waals surface area contributed by atoms with Crippen molar-refractivity contribution in [2.45, 2.75) is 27.2 Å². The number of amides is 1. The fourth-order valence-electron chi connectivity index (χ4n) is 3.96. The van der Waals surface area contributed by atoms with Crippen LogP contribution < -0.4 is 16.1 Å². The van der Waals surface area contributed by atoms with Crippen LogP contribution in [-0.2, 0) is 4.79 Å². The molecule has 1 amide bonds. The summed E-state index contributed by atoms with van der Waals surface area (Å²) < 4.78 is 0. The number of rotatable bonds is 11.